The van der Waals surface area contributed by atoms with E-state index in [1.807, 2.05) is 52.0 Å². The van der Waals surface area contributed by atoms with E-state index in [2.05, 4.69) is 10.3 Å². The van der Waals surface area contributed by atoms with Crippen LogP contribution in [0.4, 0.5) is 0 Å². The maximum atomic E-state index is 13.3. The number of methoxy groups -OCH3 is 1. The van der Waals surface area contributed by atoms with E-state index < -0.39 is 5.54 Å². The van der Waals surface area contributed by atoms with E-state index in [1.165, 1.54) is 0 Å². The number of para-hydroxylation sites is 1. The molecule has 0 aromatic heterocycles. The Hall–Kier alpha value is -2.61. The van der Waals surface area contributed by atoms with Gasteiger partial charge in [-0.25, -0.2) is 4.99 Å². The zero-order chi connectivity index (χ0) is 24.0. The topological polar surface area (TPSA) is 106 Å². The van der Waals surface area contributed by atoms with Crippen molar-refractivity contribution in [3.8, 4) is 5.75 Å². The third-order valence-electron chi connectivity index (χ3n) is 6.83. The number of guanidine groups is 1. The van der Waals surface area contributed by atoms with E-state index >= 15 is 0 Å². The monoisotopic (exact) mass is 456 g/mol. The lowest BCUT2D eigenvalue weighted by Gasteiger charge is -2.38. The molecule has 0 bridgehead atoms. The molecule has 2 heterocycles. The Labute approximate surface area is 195 Å². The summed E-state index contributed by atoms with van der Waals surface area (Å²) in [5, 5.41) is 3.26. The summed E-state index contributed by atoms with van der Waals surface area (Å²) in [5.74, 6) is 0.890. The number of rotatable bonds is 7. The highest BCUT2D eigenvalue weighted by molar-refractivity contribution is 5.99. The lowest BCUT2D eigenvalue weighted by atomic mass is 9.89. The highest BCUT2D eigenvalue weighted by atomic mass is 16.5. The van der Waals surface area contributed by atoms with E-state index in [4.69, 9.17) is 15.2 Å². The first-order chi connectivity index (χ1) is 15.5. The van der Waals surface area contributed by atoms with Crippen LogP contribution in [0.15, 0.2) is 29.3 Å². The molecule has 2 amide bonds. The number of nitrogens with one attached hydrogen (secondary N) is 1. The van der Waals surface area contributed by atoms with Crippen molar-refractivity contribution in [3.63, 3.8) is 0 Å². The average Bonchev–Trinajstić information content (AvgIpc) is 3.49. The van der Waals surface area contributed by atoms with E-state index in [0.717, 1.165) is 17.7 Å². The van der Waals surface area contributed by atoms with Gasteiger partial charge in [0, 0.05) is 37.7 Å². The summed E-state index contributed by atoms with van der Waals surface area (Å²) in [6.07, 6.45) is 2.32. The molecule has 33 heavy (non-hydrogen) atoms. The Morgan fingerprint density at radius 2 is 2.06 bits per heavy atom. The summed E-state index contributed by atoms with van der Waals surface area (Å²) in [6, 6.07) is 7.55. The number of carbonyl (C=O) groups excluding carboxylic acids is 2. The molecular weight excluding hydrogens is 420 g/mol. The van der Waals surface area contributed by atoms with E-state index in [-0.39, 0.29) is 47.3 Å². The summed E-state index contributed by atoms with van der Waals surface area (Å²) in [4.78, 5) is 32.4. The Bertz CT molecular complexity index is 957. The van der Waals surface area contributed by atoms with Crippen LogP contribution >= 0.6 is 0 Å². The normalized spacial score (nSPS) is 28.3. The van der Waals surface area contributed by atoms with Crippen molar-refractivity contribution in [1.29, 1.82) is 0 Å². The van der Waals surface area contributed by atoms with Gasteiger partial charge >= 0.3 is 0 Å². The maximum absolute atomic E-state index is 13.3. The number of carbonyl (C=O) groups is 2. The van der Waals surface area contributed by atoms with Crippen molar-refractivity contribution in [1.82, 2.24) is 10.2 Å². The number of ether oxygens (including phenoxy) is 2. The number of aliphatic imine (C=N–C) groups is 1. The average molecular weight is 457 g/mol. The minimum Gasteiger partial charge on any atom is -0.487 e. The number of nitrogens with zero attached hydrogens (tertiary/aromatic N) is 2. The predicted molar refractivity (Wildman–Crippen MR) is 126 cm³/mol. The van der Waals surface area contributed by atoms with Gasteiger partial charge in [-0.2, -0.15) is 0 Å². The van der Waals surface area contributed by atoms with Crippen LogP contribution in [0.2, 0.25) is 0 Å². The Balaban J connectivity index is 1.49. The van der Waals surface area contributed by atoms with Gasteiger partial charge in [0.1, 0.15) is 11.4 Å². The second-order valence-electron chi connectivity index (χ2n) is 10.7. The lowest BCUT2D eigenvalue weighted by Crippen LogP contribution is -2.55. The highest BCUT2D eigenvalue weighted by Gasteiger charge is 2.52. The van der Waals surface area contributed by atoms with Crippen LogP contribution in [-0.2, 0) is 14.3 Å². The van der Waals surface area contributed by atoms with Crippen LogP contribution in [-0.4, -0.2) is 53.6 Å². The van der Waals surface area contributed by atoms with Crippen molar-refractivity contribution < 1.29 is 19.1 Å². The quantitative estimate of drug-likeness (QED) is 0.656. The van der Waals surface area contributed by atoms with Crippen LogP contribution < -0.4 is 15.8 Å². The molecule has 1 aromatic carbocycles. The largest absolute Gasteiger partial charge is 0.487 e. The molecule has 4 rings (SSSR count). The number of hydrogen-bond acceptors (Lipinski definition) is 6. The van der Waals surface area contributed by atoms with Crippen molar-refractivity contribution in [3.05, 3.63) is 29.8 Å². The molecular formula is C25H36N4O4. The van der Waals surface area contributed by atoms with Crippen molar-refractivity contribution in [2.45, 2.75) is 76.6 Å². The Morgan fingerprint density at radius 3 is 2.76 bits per heavy atom. The molecule has 4 atom stereocenters. The molecule has 0 unspecified atom stereocenters. The van der Waals surface area contributed by atoms with Crippen LogP contribution in [0, 0.1) is 11.8 Å². The fourth-order valence-electron chi connectivity index (χ4n) is 5.27. The van der Waals surface area contributed by atoms with Gasteiger partial charge in [0.2, 0.25) is 11.8 Å². The second kappa shape index (κ2) is 8.63. The first-order valence-electron chi connectivity index (χ1n) is 11.8. The minimum atomic E-state index is -0.507. The van der Waals surface area contributed by atoms with E-state index in [9.17, 15) is 9.59 Å². The molecule has 1 saturated carbocycles. The van der Waals surface area contributed by atoms with Gasteiger partial charge in [0.25, 0.3) is 0 Å². The van der Waals surface area contributed by atoms with Gasteiger partial charge in [-0.3, -0.25) is 14.5 Å². The molecule has 0 radical (unpaired) electrons. The van der Waals surface area contributed by atoms with Gasteiger partial charge in [-0.15, -0.1) is 0 Å². The van der Waals surface area contributed by atoms with Crippen molar-refractivity contribution in [2.24, 2.45) is 22.6 Å². The number of nitrogens with two attached hydrogens (primary N) is 1. The molecule has 1 fully saturated rings. The fraction of sp³-hybridized carbons (Fsp3) is 0.640. The van der Waals surface area contributed by atoms with E-state index in [0.29, 0.717) is 25.9 Å². The molecule has 1 aromatic rings. The van der Waals surface area contributed by atoms with Crippen LogP contribution in [0.5, 0.6) is 5.75 Å². The molecule has 8 heteroatoms. The van der Waals surface area contributed by atoms with Crippen LogP contribution in [0.25, 0.3) is 0 Å². The predicted octanol–water partition coefficient (Wildman–Crippen LogP) is 2.77. The minimum absolute atomic E-state index is 0.0141. The number of hydrogen-bond donors (Lipinski definition) is 2. The highest BCUT2D eigenvalue weighted by Crippen LogP contribution is 2.46. The van der Waals surface area contributed by atoms with Gasteiger partial charge in [-0.05, 0) is 52.5 Å². The van der Waals surface area contributed by atoms with Crippen LogP contribution in [0.1, 0.15) is 65.0 Å². The number of benzene rings is 1. The van der Waals surface area contributed by atoms with Gasteiger partial charge < -0.3 is 20.5 Å². The first kappa shape index (κ1) is 23.5. The molecule has 2 aliphatic heterocycles. The summed E-state index contributed by atoms with van der Waals surface area (Å²) in [6.45, 7) is 8.36. The van der Waals surface area contributed by atoms with Crippen LogP contribution in [0.3, 0.4) is 0 Å². The second-order valence-corrected chi connectivity index (χ2v) is 10.7. The van der Waals surface area contributed by atoms with Gasteiger partial charge in [0.15, 0.2) is 5.96 Å². The van der Waals surface area contributed by atoms with Crippen molar-refractivity contribution in [2.75, 3.05) is 13.7 Å². The summed E-state index contributed by atoms with van der Waals surface area (Å²) >= 11 is 0. The summed E-state index contributed by atoms with van der Waals surface area (Å²) in [5.41, 5.74) is 6.37. The summed E-state index contributed by atoms with van der Waals surface area (Å²) in [7, 11) is 1.64. The SMILES string of the molecule is COCC[C@H]([C@H]1C[C@@H]1C(=O)N[C@H]1CC(C)(C)Oc2ccccc21)N1C(=O)CC(C)(C)N=C1N. The zero-order valence-corrected chi connectivity index (χ0v) is 20.3. The summed E-state index contributed by atoms with van der Waals surface area (Å²) < 4.78 is 11.4. The third-order valence-corrected chi connectivity index (χ3v) is 6.83. The fourth-order valence-corrected chi connectivity index (χ4v) is 5.27. The molecule has 0 spiro atoms. The maximum Gasteiger partial charge on any atom is 0.231 e. The first-order valence-corrected chi connectivity index (χ1v) is 11.8. The van der Waals surface area contributed by atoms with Gasteiger partial charge in [-0.1, -0.05) is 18.2 Å². The Kier molecular flexibility index (Phi) is 6.16. The van der Waals surface area contributed by atoms with Crippen molar-refractivity contribution >= 4 is 17.8 Å². The standard InChI is InChI=1S/C25H36N4O4/c1-24(2)14-21(30)29(23(26)28-24)19(10-11-32-5)16-12-17(16)22(31)27-18-13-25(3,4)33-20-9-7-6-8-15(18)20/h6-9,16-19H,10-14H2,1-5H3,(H2,26,28)(H,27,31)/t16-,17-,18-,19+/m0/s1. The van der Waals surface area contributed by atoms with Gasteiger partial charge in [0.05, 0.1) is 18.0 Å². The molecule has 1 aliphatic carbocycles. The molecule has 3 aliphatic rings. The van der Waals surface area contributed by atoms with E-state index in [1.54, 1.807) is 12.0 Å². The molecule has 8 nitrogen and oxygen atoms in total. The number of amides is 2. The molecule has 3 N–H and O–H groups in total. The Morgan fingerprint density at radius 1 is 1.33 bits per heavy atom. The smallest absolute Gasteiger partial charge is 0.231 e. The lowest BCUT2D eigenvalue weighted by molar-refractivity contribution is -0.132. The molecule has 0 saturated heterocycles. The zero-order valence-electron chi connectivity index (χ0n) is 20.3. The molecule has 180 valence electrons. The third kappa shape index (κ3) is 5.00. The number of fused-ring (bicyclic) bond motifs is 1.